The van der Waals surface area contributed by atoms with E-state index in [1.165, 1.54) is 6.07 Å². The number of hydrogen-bond donors (Lipinski definition) is 2. The second-order valence-corrected chi connectivity index (χ2v) is 4.21. The molecule has 0 heterocycles. The van der Waals surface area contributed by atoms with E-state index in [-0.39, 0.29) is 0 Å². The Morgan fingerprint density at radius 1 is 1.47 bits per heavy atom. The lowest BCUT2D eigenvalue weighted by Gasteiger charge is -2.21. The largest absolute Gasteiger partial charge is 0.480 e. The summed E-state index contributed by atoms with van der Waals surface area (Å²) in [5.74, 6) is -1.10. The van der Waals surface area contributed by atoms with Gasteiger partial charge in [-0.15, -0.1) is 6.58 Å². The van der Waals surface area contributed by atoms with E-state index in [9.17, 15) is 9.59 Å². The number of carbonyl (C=O) groups excluding carboxylic acids is 1. The summed E-state index contributed by atoms with van der Waals surface area (Å²) in [7, 11) is 0. The van der Waals surface area contributed by atoms with E-state index in [1.54, 1.807) is 24.3 Å². The van der Waals surface area contributed by atoms with Gasteiger partial charge in [-0.2, -0.15) is 0 Å². The molecule has 1 aromatic rings. The molecule has 102 valence electrons. The molecule has 0 unspecified atom stereocenters. The second-order valence-electron chi connectivity index (χ2n) is 3.77. The van der Waals surface area contributed by atoms with Crippen LogP contribution in [0.3, 0.4) is 0 Å². The fourth-order valence-corrected chi connectivity index (χ4v) is 1.62. The van der Waals surface area contributed by atoms with Gasteiger partial charge in [-0.1, -0.05) is 23.7 Å². The molecular formula is C13H15ClN2O3. The number of benzene rings is 1. The summed E-state index contributed by atoms with van der Waals surface area (Å²) in [5, 5.41) is 11.9. The number of nitrogens with zero attached hydrogens (tertiary/aromatic N) is 1. The van der Waals surface area contributed by atoms with Gasteiger partial charge in [0.2, 0.25) is 0 Å². The lowest BCUT2D eigenvalue weighted by atomic mass is 10.3. The average molecular weight is 283 g/mol. The SMILES string of the molecule is C=CCCNC(=O)N(CC(=O)O)c1cccc(Cl)c1. The average Bonchev–Trinajstić information content (AvgIpc) is 2.36. The Kier molecular flexibility index (Phi) is 5.89. The van der Waals surface area contributed by atoms with Crippen molar-refractivity contribution in [1.82, 2.24) is 5.32 Å². The zero-order valence-corrected chi connectivity index (χ0v) is 11.1. The summed E-state index contributed by atoms with van der Waals surface area (Å²) in [6, 6.07) is 5.99. The van der Waals surface area contributed by atoms with Crippen LogP contribution in [0.5, 0.6) is 0 Å². The molecule has 0 aliphatic carbocycles. The first-order valence-electron chi connectivity index (χ1n) is 5.68. The molecule has 19 heavy (non-hydrogen) atoms. The van der Waals surface area contributed by atoms with E-state index in [0.717, 1.165) is 4.90 Å². The third kappa shape index (κ3) is 5.01. The highest BCUT2D eigenvalue weighted by Crippen LogP contribution is 2.19. The number of carbonyl (C=O) groups is 2. The Hall–Kier alpha value is -2.01. The van der Waals surface area contributed by atoms with Crippen LogP contribution in [0.4, 0.5) is 10.5 Å². The summed E-state index contributed by atoms with van der Waals surface area (Å²) in [4.78, 5) is 23.9. The van der Waals surface area contributed by atoms with Gasteiger partial charge in [-0.25, -0.2) is 4.79 Å². The summed E-state index contributed by atoms with van der Waals surface area (Å²) < 4.78 is 0. The van der Waals surface area contributed by atoms with E-state index < -0.39 is 18.5 Å². The van der Waals surface area contributed by atoms with Gasteiger partial charge in [0.1, 0.15) is 6.54 Å². The van der Waals surface area contributed by atoms with Crippen LogP contribution in [0, 0.1) is 0 Å². The van der Waals surface area contributed by atoms with Crippen molar-refractivity contribution in [2.75, 3.05) is 18.0 Å². The normalized spacial score (nSPS) is 9.74. The minimum atomic E-state index is -1.10. The summed E-state index contributed by atoms with van der Waals surface area (Å²) in [6.07, 6.45) is 2.28. The smallest absolute Gasteiger partial charge is 0.323 e. The molecule has 0 aliphatic rings. The third-order valence-corrected chi connectivity index (χ3v) is 2.52. The number of halogens is 1. The molecule has 0 saturated heterocycles. The van der Waals surface area contributed by atoms with Gasteiger partial charge in [0, 0.05) is 17.3 Å². The van der Waals surface area contributed by atoms with Gasteiger partial charge in [0.25, 0.3) is 0 Å². The first-order chi connectivity index (χ1) is 9.04. The fourth-order valence-electron chi connectivity index (χ4n) is 1.44. The summed E-state index contributed by atoms with van der Waals surface area (Å²) in [5.41, 5.74) is 0.436. The van der Waals surface area contributed by atoms with E-state index in [0.29, 0.717) is 23.7 Å². The Labute approximate surface area is 116 Å². The molecule has 6 heteroatoms. The van der Waals surface area contributed by atoms with E-state index in [1.807, 2.05) is 0 Å². The molecule has 0 bridgehead atoms. The molecule has 2 N–H and O–H groups in total. The number of carboxylic acid groups (broad SMARTS) is 1. The van der Waals surface area contributed by atoms with E-state index >= 15 is 0 Å². The zero-order valence-electron chi connectivity index (χ0n) is 10.3. The minimum Gasteiger partial charge on any atom is -0.480 e. The van der Waals surface area contributed by atoms with Gasteiger partial charge >= 0.3 is 12.0 Å². The topological polar surface area (TPSA) is 69.6 Å². The Morgan fingerprint density at radius 3 is 2.79 bits per heavy atom. The highest BCUT2D eigenvalue weighted by molar-refractivity contribution is 6.30. The van der Waals surface area contributed by atoms with Crippen molar-refractivity contribution in [2.24, 2.45) is 0 Å². The van der Waals surface area contributed by atoms with Crippen LogP contribution in [-0.2, 0) is 4.79 Å². The molecule has 0 aliphatic heterocycles. The number of urea groups is 1. The van der Waals surface area contributed by atoms with Crippen LogP contribution in [0.1, 0.15) is 6.42 Å². The molecule has 0 fully saturated rings. The van der Waals surface area contributed by atoms with Crippen LogP contribution in [0.15, 0.2) is 36.9 Å². The highest BCUT2D eigenvalue weighted by atomic mass is 35.5. The fraction of sp³-hybridized carbons (Fsp3) is 0.231. The van der Waals surface area contributed by atoms with Crippen molar-refractivity contribution in [2.45, 2.75) is 6.42 Å². The quantitative estimate of drug-likeness (QED) is 0.622. The van der Waals surface area contributed by atoms with Gasteiger partial charge in [-0.3, -0.25) is 9.69 Å². The molecule has 0 spiro atoms. The van der Waals surface area contributed by atoms with Gasteiger partial charge < -0.3 is 10.4 Å². The molecule has 0 aromatic heterocycles. The Bertz CT molecular complexity index is 477. The molecule has 0 saturated carbocycles. The number of amides is 2. The number of rotatable bonds is 6. The number of nitrogens with one attached hydrogen (secondary N) is 1. The maximum absolute atomic E-state index is 11.9. The molecule has 0 radical (unpaired) electrons. The minimum absolute atomic E-state index is 0.402. The first-order valence-corrected chi connectivity index (χ1v) is 6.06. The first kappa shape index (κ1) is 15.0. The van der Waals surface area contributed by atoms with Crippen molar-refractivity contribution in [3.05, 3.63) is 41.9 Å². The van der Waals surface area contributed by atoms with Gasteiger partial charge in [0.05, 0.1) is 0 Å². The zero-order chi connectivity index (χ0) is 14.3. The van der Waals surface area contributed by atoms with Crippen molar-refractivity contribution in [3.8, 4) is 0 Å². The lowest BCUT2D eigenvalue weighted by molar-refractivity contribution is -0.135. The standard InChI is InChI=1S/C13H15ClN2O3/c1-2-3-7-15-13(19)16(9-12(17)18)11-6-4-5-10(14)8-11/h2,4-6,8H,1,3,7,9H2,(H,15,19)(H,17,18). The number of carboxylic acids is 1. The van der Waals surface area contributed by atoms with Crippen molar-refractivity contribution in [3.63, 3.8) is 0 Å². The molecular weight excluding hydrogens is 268 g/mol. The summed E-state index contributed by atoms with van der Waals surface area (Å²) in [6.45, 7) is 3.52. The van der Waals surface area contributed by atoms with Gasteiger partial charge in [-0.05, 0) is 24.6 Å². The number of anilines is 1. The van der Waals surface area contributed by atoms with E-state index in [2.05, 4.69) is 11.9 Å². The van der Waals surface area contributed by atoms with Crippen LogP contribution >= 0.6 is 11.6 Å². The maximum Gasteiger partial charge on any atom is 0.323 e. The molecule has 1 rings (SSSR count). The number of aliphatic carboxylic acids is 1. The predicted octanol–water partition coefficient (Wildman–Crippen LogP) is 2.52. The molecule has 1 aromatic carbocycles. The van der Waals surface area contributed by atoms with Crippen LogP contribution in [0.2, 0.25) is 5.02 Å². The highest BCUT2D eigenvalue weighted by Gasteiger charge is 2.18. The Balaban J connectivity index is 2.84. The Morgan fingerprint density at radius 2 is 2.21 bits per heavy atom. The van der Waals surface area contributed by atoms with Crippen LogP contribution < -0.4 is 10.2 Å². The molecule has 5 nitrogen and oxygen atoms in total. The monoisotopic (exact) mass is 282 g/mol. The summed E-state index contributed by atoms with van der Waals surface area (Å²) >= 11 is 5.84. The predicted molar refractivity (Wildman–Crippen MR) is 74.6 cm³/mol. The number of hydrogen-bond acceptors (Lipinski definition) is 2. The van der Waals surface area contributed by atoms with Gasteiger partial charge in [0.15, 0.2) is 0 Å². The lowest BCUT2D eigenvalue weighted by Crippen LogP contribution is -2.43. The van der Waals surface area contributed by atoms with Crippen LogP contribution in [0.25, 0.3) is 0 Å². The second kappa shape index (κ2) is 7.43. The van der Waals surface area contributed by atoms with Crippen molar-refractivity contribution >= 4 is 29.3 Å². The van der Waals surface area contributed by atoms with Crippen molar-refractivity contribution in [1.29, 1.82) is 0 Å². The van der Waals surface area contributed by atoms with Crippen LogP contribution in [-0.4, -0.2) is 30.2 Å². The molecule has 2 amide bonds. The molecule has 0 atom stereocenters. The third-order valence-electron chi connectivity index (χ3n) is 2.28. The maximum atomic E-state index is 11.9. The van der Waals surface area contributed by atoms with E-state index in [4.69, 9.17) is 16.7 Å². The van der Waals surface area contributed by atoms with Crippen molar-refractivity contribution < 1.29 is 14.7 Å².